The highest BCUT2D eigenvalue weighted by atomic mass is 32.2. The van der Waals surface area contributed by atoms with Gasteiger partial charge in [-0.05, 0) is 42.3 Å². The zero-order valence-corrected chi connectivity index (χ0v) is 14.5. The molecule has 0 radical (unpaired) electrons. The van der Waals surface area contributed by atoms with Crippen LogP contribution in [0.3, 0.4) is 0 Å². The van der Waals surface area contributed by atoms with Crippen molar-refractivity contribution in [1.82, 2.24) is 9.78 Å². The number of halogens is 1. The predicted octanol–water partition coefficient (Wildman–Crippen LogP) is 3.76. The van der Waals surface area contributed by atoms with Crippen LogP contribution in [0.25, 0.3) is 5.69 Å². The Balaban J connectivity index is 1.82. The number of benzene rings is 2. The molecule has 0 atom stereocenters. The second kappa shape index (κ2) is 7.06. The molecule has 0 saturated heterocycles. The number of sulfonamides is 1. The Bertz CT molecular complexity index is 952. The Morgan fingerprint density at radius 1 is 1.16 bits per heavy atom. The molecule has 0 bridgehead atoms. The molecule has 3 rings (SSSR count). The third kappa shape index (κ3) is 3.88. The number of anilines is 1. The van der Waals surface area contributed by atoms with Gasteiger partial charge >= 0.3 is 0 Å². The van der Waals surface area contributed by atoms with Gasteiger partial charge in [0.15, 0.2) is 5.82 Å². The van der Waals surface area contributed by atoms with Gasteiger partial charge in [0.2, 0.25) is 0 Å². The van der Waals surface area contributed by atoms with E-state index in [1.165, 1.54) is 23.0 Å². The van der Waals surface area contributed by atoms with Crippen molar-refractivity contribution in [2.45, 2.75) is 24.7 Å². The molecule has 5 nitrogen and oxygen atoms in total. The molecule has 7 heteroatoms. The van der Waals surface area contributed by atoms with Crippen LogP contribution in [-0.4, -0.2) is 18.2 Å². The molecule has 0 aliphatic carbocycles. The summed E-state index contributed by atoms with van der Waals surface area (Å²) in [6, 6.07) is 12.5. The Labute approximate surface area is 146 Å². The second-order valence-electron chi connectivity index (χ2n) is 5.62. The first-order valence-electron chi connectivity index (χ1n) is 7.91. The highest BCUT2D eigenvalue weighted by Gasteiger charge is 2.15. The first kappa shape index (κ1) is 17.2. The maximum atomic E-state index is 14.2. The Morgan fingerprint density at radius 2 is 1.92 bits per heavy atom. The smallest absolute Gasteiger partial charge is 0.261 e. The quantitative estimate of drug-likeness (QED) is 0.729. The third-order valence-electron chi connectivity index (χ3n) is 3.72. The molecule has 0 aliphatic heterocycles. The van der Waals surface area contributed by atoms with E-state index in [0.29, 0.717) is 0 Å². The number of hydrogen-bond donors (Lipinski definition) is 1. The molecule has 0 saturated carbocycles. The van der Waals surface area contributed by atoms with Crippen molar-refractivity contribution in [2.24, 2.45) is 0 Å². The van der Waals surface area contributed by atoms with Crippen molar-refractivity contribution >= 4 is 15.7 Å². The minimum atomic E-state index is -3.77. The molecule has 1 aromatic heterocycles. The van der Waals surface area contributed by atoms with Crippen molar-refractivity contribution in [1.29, 1.82) is 0 Å². The SMILES string of the molecule is CCCc1ccc(S(=O)(=O)Nc2ccc(-n3cccn3)c(F)c2)cc1. The van der Waals surface area contributed by atoms with E-state index in [0.717, 1.165) is 24.5 Å². The van der Waals surface area contributed by atoms with Gasteiger partial charge in [-0.25, -0.2) is 17.5 Å². The van der Waals surface area contributed by atoms with E-state index in [9.17, 15) is 12.8 Å². The molecule has 2 aromatic carbocycles. The maximum absolute atomic E-state index is 14.2. The van der Waals surface area contributed by atoms with Crippen molar-refractivity contribution in [2.75, 3.05) is 4.72 Å². The normalized spacial score (nSPS) is 11.4. The summed E-state index contributed by atoms with van der Waals surface area (Å²) in [6.07, 6.45) is 5.04. The molecule has 25 heavy (non-hydrogen) atoms. The largest absolute Gasteiger partial charge is 0.280 e. The van der Waals surface area contributed by atoms with Gasteiger partial charge in [0.1, 0.15) is 5.69 Å². The fraction of sp³-hybridized carbons (Fsp3) is 0.167. The van der Waals surface area contributed by atoms with Gasteiger partial charge in [-0.1, -0.05) is 25.5 Å². The van der Waals surface area contributed by atoms with Gasteiger partial charge in [0.25, 0.3) is 10.0 Å². The predicted molar refractivity (Wildman–Crippen MR) is 94.8 cm³/mol. The van der Waals surface area contributed by atoms with E-state index in [2.05, 4.69) is 16.7 Å². The molecule has 1 heterocycles. The van der Waals surface area contributed by atoms with Gasteiger partial charge in [0.05, 0.1) is 10.6 Å². The maximum Gasteiger partial charge on any atom is 0.261 e. The summed E-state index contributed by atoms with van der Waals surface area (Å²) in [6.45, 7) is 2.06. The van der Waals surface area contributed by atoms with Crippen molar-refractivity contribution < 1.29 is 12.8 Å². The van der Waals surface area contributed by atoms with Gasteiger partial charge in [0, 0.05) is 18.5 Å². The van der Waals surface area contributed by atoms with Crippen LogP contribution in [0.1, 0.15) is 18.9 Å². The molecule has 0 amide bonds. The van der Waals surface area contributed by atoms with E-state index in [1.54, 1.807) is 36.5 Å². The molecule has 3 aromatic rings. The van der Waals surface area contributed by atoms with Gasteiger partial charge in [-0.15, -0.1) is 0 Å². The monoisotopic (exact) mass is 359 g/mol. The average molecular weight is 359 g/mol. The first-order chi connectivity index (χ1) is 12.0. The Kier molecular flexibility index (Phi) is 4.85. The summed E-state index contributed by atoms with van der Waals surface area (Å²) in [5.74, 6) is -0.567. The van der Waals surface area contributed by atoms with E-state index in [4.69, 9.17) is 0 Å². The van der Waals surface area contributed by atoms with Gasteiger partial charge in [-0.2, -0.15) is 5.10 Å². The standard InChI is InChI=1S/C18H18FN3O2S/c1-2-4-14-5-8-16(9-6-14)25(23,24)21-15-7-10-18(17(19)13-15)22-12-3-11-20-22/h3,5-13,21H,2,4H2,1H3. The number of aromatic nitrogens is 2. The number of rotatable bonds is 6. The van der Waals surface area contributed by atoms with Crippen LogP contribution in [0, 0.1) is 5.82 Å². The van der Waals surface area contributed by atoms with Crippen LogP contribution >= 0.6 is 0 Å². The molecule has 130 valence electrons. The summed E-state index contributed by atoms with van der Waals surface area (Å²) < 4.78 is 42.9. The summed E-state index contributed by atoms with van der Waals surface area (Å²) in [5.41, 5.74) is 1.49. The summed E-state index contributed by atoms with van der Waals surface area (Å²) in [5, 5.41) is 3.96. The van der Waals surface area contributed by atoms with Gasteiger partial charge < -0.3 is 0 Å². The van der Waals surface area contributed by atoms with E-state index in [1.807, 2.05) is 0 Å². The fourth-order valence-corrected chi connectivity index (χ4v) is 3.56. The van der Waals surface area contributed by atoms with Crippen LogP contribution in [0.5, 0.6) is 0 Å². The van der Waals surface area contributed by atoms with Gasteiger partial charge in [-0.3, -0.25) is 4.72 Å². The number of aryl methyl sites for hydroxylation is 1. The highest BCUT2D eigenvalue weighted by molar-refractivity contribution is 7.92. The lowest BCUT2D eigenvalue weighted by molar-refractivity contribution is 0.600. The van der Waals surface area contributed by atoms with Crippen molar-refractivity contribution in [3.8, 4) is 5.69 Å². The zero-order valence-electron chi connectivity index (χ0n) is 13.7. The first-order valence-corrected chi connectivity index (χ1v) is 9.39. The molecule has 0 spiro atoms. The zero-order chi connectivity index (χ0) is 17.9. The molecule has 1 N–H and O–H groups in total. The van der Waals surface area contributed by atoms with Crippen LogP contribution in [-0.2, 0) is 16.4 Å². The lowest BCUT2D eigenvalue weighted by atomic mass is 10.1. The number of nitrogens with zero attached hydrogens (tertiary/aromatic N) is 2. The number of hydrogen-bond acceptors (Lipinski definition) is 3. The van der Waals surface area contributed by atoms with E-state index >= 15 is 0 Å². The highest BCUT2D eigenvalue weighted by Crippen LogP contribution is 2.21. The molecular weight excluding hydrogens is 341 g/mol. The van der Waals surface area contributed by atoms with Crippen molar-refractivity contribution in [3.63, 3.8) is 0 Å². The Morgan fingerprint density at radius 3 is 2.52 bits per heavy atom. The minimum absolute atomic E-state index is 0.143. The van der Waals surface area contributed by atoms with E-state index in [-0.39, 0.29) is 16.3 Å². The van der Waals surface area contributed by atoms with Crippen LogP contribution in [0.2, 0.25) is 0 Å². The number of nitrogens with one attached hydrogen (secondary N) is 1. The second-order valence-corrected chi connectivity index (χ2v) is 7.30. The molecule has 0 aliphatic rings. The summed E-state index contributed by atoms with van der Waals surface area (Å²) in [4.78, 5) is 0.143. The van der Waals surface area contributed by atoms with Crippen LogP contribution in [0.4, 0.5) is 10.1 Å². The topological polar surface area (TPSA) is 64.0 Å². The fourth-order valence-electron chi connectivity index (χ4n) is 2.51. The molecule has 0 unspecified atom stereocenters. The average Bonchev–Trinajstić information content (AvgIpc) is 3.10. The lowest BCUT2D eigenvalue weighted by Crippen LogP contribution is -2.13. The minimum Gasteiger partial charge on any atom is -0.280 e. The molecule has 0 fully saturated rings. The Hall–Kier alpha value is -2.67. The van der Waals surface area contributed by atoms with Crippen LogP contribution in [0.15, 0.2) is 65.8 Å². The third-order valence-corrected chi connectivity index (χ3v) is 5.12. The summed E-state index contributed by atoms with van der Waals surface area (Å²) in [7, 11) is -3.77. The van der Waals surface area contributed by atoms with Crippen LogP contribution < -0.4 is 4.72 Å². The lowest BCUT2D eigenvalue weighted by Gasteiger charge is -2.10. The van der Waals surface area contributed by atoms with E-state index < -0.39 is 15.8 Å². The summed E-state index contributed by atoms with van der Waals surface area (Å²) >= 11 is 0. The molecular formula is C18H18FN3O2S. The van der Waals surface area contributed by atoms with Crippen molar-refractivity contribution in [3.05, 3.63) is 72.3 Å².